The standard InChI is InChI=1S/C16H19NO3/c1-11-8-12-4-2-5-13(16(12)20-11)10-17-7-3-6-14(17)9-15(18)19/h2,4-5,8,14H,3,6-7,9-10H2,1H3,(H,18,19). The fourth-order valence-corrected chi connectivity index (χ4v) is 3.13. The molecule has 1 N–H and O–H groups in total. The van der Waals surface area contributed by atoms with E-state index >= 15 is 0 Å². The number of likely N-dealkylation sites (tertiary alicyclic amines) is 1. The van der Waals surface area contributed by atoms with Gasteiger partial charge in [-0.05, 0) is 32.4 Å². The number of carboxylic acids is 1. The minimum Gasteiger partial charge on any atom is -0.481 e. The van der Waals surface area contributed by atoms with Gasteiger partial charge in [0.1, 0.15) is 11.3 Å². The van der Waals surface area contributed by atoms with Gasteiger partial charge in [0.25, 0.3) is 0 Å². The van der Waals surface area contributed by atoms with E-state index in [1.54, 1.807) is 0 Å². The van der Waals surface area contributed by atoms with Gasteiger partial charge in [0, 0.05) is 23.5 Å². The van der Waals surface area contributed by atoms with Crippen LogP contribution in [-0.4, -0.2) is 28.6 Å². The Kier molecular flexibility index (Phi) is 3.49. The van der Waals surface area contributed by atoms with Crippen molar-refractivity contribution < 1.29 is 14.3 Å². The number of aliphatic carboxylic acids is 1. The summed E-state index contributed by atoms with van der Waals surface area (Å²) in [5.74, 6) is 0.199. The van der Waals surface area contributed by atoms with Gasteiger partial charge < -0.3 is 9.52 Å². The van der Waals surface area contributed by atoms with Gasteiger partial charge in [0.2, 0.25) is 0 Å². The largest absolute Gasteiger partial charge is 0.481 e. The molecule has 0 radical (unpaired) electrons. The van der Waals surface area contributed by atoms with Crippen molar-refractivity contribution in [3.63, 3.8) is 0 Å². The molecule has 0 bridgehead atoms. The Labute approximate surface area is 118 Å². The number of aryl methyl sites for hydroxylation is 1. The molecule has 1 fully saturated rings. The van der Waals surface area contributed by atoms with Gasteiger partial charge in [-0.1, -0.05) is 18.2 Å². The molecule has 0 spiro atoms. The maximum atomic E-state index is 10.9. The van der Waals surface area contributed by atoms with Gasteiger partial charge in [-0.25, -0.2) is 0 Å². The summed E-state index contributed by atoms with van der Waals surface area (Å²) in [5.41, 5.74) is 2.08. The highest BCUT2D eigenvalue weighted by molar-refractivity contribution is 5.81. The Morgan fingerprint density at radius 1 is 1.50 bits per heavy atom. The van der Waals surface area contributed by atoms with Crippen molar-refractivity contribution in [2.45, 2.75) is 38.8 Å². The summed E-state index contributed by atoms with van der Waals surface area (Å²) in [4.78, 5) is 13.2. The molecule has 20 heavy (non-hydrogen) atoms. The molecule has 1 atom stereocenters. The van der Waals surface area contributed by atoms with Crippen molar-refractivity contribution >= 4 is 16.9 Å². The Balaban J connectivity index is 1.83. The lowest BCUT2D eigenvalue weighted by molar-refractivity contribution is -0.138. The third-order valence-electron chi connectivity index (χ3n) is 4.03. The molecular weight excluding hydrogens is 254 g/mol. The van der Waals surface area contributed by atoms with E-state index in [0.29, 0.717) is 0 Å². The molecule has 4 heteroatoms. The predicted octanol–water partition coefficient (Wildman–Crippen LogP) is 3.18. The van der Waals surface area contributed by atoms with Gasteiger partial charge in [0.05, 0.1) is 6.42 Å². The van der Waals surface area contributed by atoms with Crippen LogP contribution in [0.5, 0.6) is 0 Å². The Morgan fingerprint density at radius 2 is 2.35 bits per heavy atom. The third-order valence-corrected chi connectivity index (χ3v) is 4.03. The molecule has 0 saturated carbocycles. The van der Waals surface area contributed by atoms with Crippen LogP contribution in [0.2, 0.25) is 0 Å². The number of rotatable bonds is 4. The van der Waals surface area contributed by atoms with Crippen molar-refractivity contribution in [2.75, 3.05) is 6.54 Å². The van der Waals surface area contributed by atoms with Crippen molar-refractivity contribution in [3.05, 3.63) is 35.6 Å². The van der Waals surface area contributed by atoms with Crippen LogP contribution in [-0.2, 0) is 11.3 Å². The molecule has 2 heterocycles. The first-order chi connectivity index (χ1) is 9.63. The second-order valence-corrected chi connectivity index (χ2v) is 5.56. The first kappa shape index (κ1) is 13.2. The predicted molar refractivity (Wildman–Crippen MR) is 76.6 cm³/mol. The Morgan fingerprint density at radius 3 is 3.15 bits per heavy atom. The molecule has 1 aliphatic rings. The minimum atomic E-state index is -0.714. The normalized spacial score (nSPS) is 19.8. The van der Waals surface area contributed by atoms with E-state index in [0.717, 1.165) is 48.2 Å². The molecule has 1 aromatic heterocycles. The summed E-state index contributed by atoms with van der Waals surface area (Å²) in [6.07, 6.45) is 2.28. The number of benzene rings is 1. The lowest BCUT2D eigenvalue weighted by Gasteiger charge is -2.23. The zero-order valence-corrected chi connectivity index (χ0v) is 11.6. The maximum absolute atomic E-state index is 10.9. The van der Waals surface area contributed by atoms with Crippen LogP contribution in [0.1, 0.15) is 30.6 Å². The lowest BCUT2D eigenvalue weighted by atomic mass is 10.1. The highest BCUT2D eigenvalue weighted by atomic mass is 16.4. The fraction of sp³-hybridized carbons (Fsp3) is 0.438. The minimum absolute atomic E-state index is 0.152. The zero-order valence-electron chi connectivity index (χ0n) is 11.6. The highest BCUT2D eigenvalue weighted by Crippen LogP contribution is 2.27. The lowest BCUT2D eigenvalue weighted by Crippen LogP contribution is -2.30. The van der Waals surface area contributed by atoms with E-state index in [1.807, 2.05) is 25.1 Å². The average molecular weight is 273 g/mol. The Hall–Kier alpha value is -1.81. The van der Waals surface area contributed by atoms with E-state index in [1.165, 1.54) is 0 Å². The summed E-state index contributed by atoms with van der Waals surface area (Å²) in [6.45, 7) is 3.68. The van der Waals surface area contributed by atoms with Crippen LogP contribution in [0.25, 0.3) is 11.0 Å². The monoisotopic (exact) mass is 273 g/mol. The van der Waals surface area contributed by atoms with Crippen molar-refractivity contribution in [1.29, 1.82) is 0 Å². The first-order valence-corrected chi connectivity index (χ1v) is 7.07. The maximum Gasteiger partial charge on any atom is 0.304 e. The summed E-state index contributed by atoms with van der Waals surface area (Å²) in [6, 6.07) is 8.35. The van der Waals surface area contributed by atoms with Gasteiger partial charge in [-0.3, -0.25) is 9.69 Å². The summed E-state index contributed by atoms with van der Waals surface area (Å²) >= 11 is 0. The second kappa shape index (κ2) is 5.29. The number of carbonyl (C=O) groups is 1. The fourth-order valence-electron chi connectivity index (χ4n) is 3.13. The zero-order chi connectivity index (χ0) is 14.1. The van der Waals surface area contributed by atoms with Crippen LogP contribution in [0.3, 0.4) is 0 Å². The van der Waals surface area contributed by atoms with Gasteiger partial charge in [0.15, 0.2) is 0 Å². The van der Waals surface area contributed by atoms with E-state index in [2.05, 4.69) is 11.0 Å². The molecule has 1 unspecified atom stereocenters. The number of fused-ring (bicyclic) bond motifs is 1. The van der Waals surface area contributed by atoms with Crippen LogP contribution in [0, 0.1) is 6.92 Å². The molecule has 1 saturated heterocycles. The van der Waals surface area contributed by atoms with Gasteiger partial charge in [-0.15, -0.1) is 0 Å². The number of hydrogen-bond donors (Lipinski definition) is 1. The van der Waals surface area contributed by atoms with Crippen molar-refractivity contribution in [2.24, 2.45) is 0 Å². The SMILES string of the molecule is Cc1cc2cccc(CN3CCCC3CC(=O)O)c2o1. The molecule has 106 valence electrons. The molecule has 1 aliphatic heterocycles. The number of carboxylic acid groups (broad SMARTS) is 1. The van der Waals surface area contributed by atoms with Crippen LogP contribution >= 0.6 is 0 Å². The average Bonchev–Trinajstić information content (AvgIpc) is 2.95. The molecule has 0 amide bonds. The molecule has 0 aliphatic carbocycles. The third kappa shape index (κ3) is 2.56. The molecule has 1 aromatic carbocycles. The number of nitrogens with zero attached hydrogens (tertiary/aromatic N) is 1. The molecule has 3 rings (SSSR count). The topological polar surface area (TPSA) is 53.7 Å². The van der Waals surface area contributed by atoms with E-state index in [9.17, 15) is 4.79 Å². The molecule has 2 aromatic rings. The van der Waals surface area contributed by atoms with Gasteiger partial charge in [-0.2, -0.15) is 0 Å². The van der Waals surface area contributed by atoms with Crippen LogP contribution in [0.15, 0.2) is 28.7 Å². The van der Waals surface area contributed by atoms with Gasteiger partial charge >= 0.3 is 5.97 Å². The van der Waals surface area contributed by atoms with E-state index in [4.69, 9.17) is 9.52 Å². The van der Waals surface area contributed by atoms with Crippen LogP contribution in [0.4, 0.5) is 0 Å². The summed E-state index contributed by atoms with van der Waals surface area (Å²) < 4.78 is 5.78. The number of furan rings is 1. The quantitative estimate of drug-likeness (QED) is 0.929. The smallest absolute Gasteiger partial charge is 0.304 e. The number of hydrogen-bond acceptors (Lipinski definition) is 3. The van der Waals surface area contributed by atoms with Crippen molar-refractivity contribution in [1.82, 2.24) is 4.90 Å². The number of para-hydroxylation sites is 1. The second-order valence-electron chi connectivity index (χ2n) is 5.56. The molecular formula is C16H19NO3. The summed E-state index contributed by atoms with van der Waals surface area (Å²) in [7, 11) is 0. The van der Waals surface area contributed by atoms with E-state index in [-0.39, 0.29) is 12.5 Å². The first-order valence-electron chi connectivity index (χ1n) is 7.07. The van der Waals surface area contributed by atoms with Crippen molar-refractivity contribution in [3.8, 4) is 0 Å². The van der Waals surface area contributed by atoms with E-state index < -0.39 is 5.97 Å². The molecule has 4 nitrogen and oxygen atoms in total. The Bertz CT molecular complexity index is 632. The summed E-state index contributed by atoms with van der Waals surface area (Å²) in [5, 5.41) is 10.1. The highest BCUT2D eigenvalue weighted by Gasteiger charge is 2.27. The van der Waals surface area contributed by atoms with Crippen LogP contribution < -0.4 is 0 Å².